The lowest BCUT2D eigenvalue weighted by atomic mass is 10.1. The predicted molar refractivity (Wildman–Crippen MR) is 94.4 cm³/mol. The topological polar surface area (TPSA) is 19.7 Å². The van der Waals surface area contributed by atoms with Crippen molar-refractivity contribution in [2.24, 2.45) is 7.05 Å². The fourth-order valence-corrected chi connectivity index (χ4v) is 3.73. The van der Waals surface area contributed by atoms with Crippen molar-refractivity contribution in [1.29, 1.82) is 0 Å². The zero-order chi connectivity index (χ0) is 13.9. The van der Waals surface area contributed by atoms with E-state index in [1.54, 1.807) is 6.07 Å². The predicted octanol–water partition coefficient (Wildman–Crippen LogP) is 4.46. The zero-order valence-electron chi connectivity index (χ0n) is 11.2. The quantitative estimate of drug-likeness (QED) is 0.324. The molecule has 5 heteroatoms. The number of pyridine rings is 1. The van der Waals surface area contributed by atoms with Crippen molar-refractivity contribution < 1.29 is 8.96 Å². The molecule has 0 aliphatic heterocycles. The van der Waals surface area contributed by atoms with Crippen LogP contribution in [0.25, 0.3) is 32.8 Å². The Hall–Kier alpha value is -1.40. The molecule has 4 aromatic rings. The van der Waals surface area contributed by atoms with Gasteiger partial charge in [-0.05, 0) is 40.8 Å². The maximum absolute atomic E-state index is 14.0. The van der Waals surface area contributed by atoms with Gasteiger partial charge in [-0.3, -0.25) is 0 Å². The third kappa shape index (κ3) is 1.92. The number of rotatable bonds is 0. The van der Waals surface area contributed by atoms with Crippen LogP contribution in [0.3, 0.4) is 0 Å². The summed E-state index contributed by atoms with van der Waals surface area (Å²) in [5.41, 5.74) is 3.76. The first kappa shape index (κ1) is 14.5. The molecular formula is C16H12ClFIN2+. The minimum Gasteiger partial charge on any atom is -0.346 e. The number of aromatic nitrogens is 2. The molecule has 1 N–H and O–H groups in total. The van der Waals surface area contributed by atoms with Crippen molar-refractivity contribution in [3.8, 4) is 0 Å². The Morgan fingerprint density at radius 1 is 1.00 bits per heavy atom. The Labute approximate surface area is 140 Å². The monoisotopic (exact) mass is 413 g/mol. The normalized spacial score (nSPS) is 11.2. The summed E-state index contributed by atoms with van der Waals surface area (Å²) in [6.07, 6.45) is 0. The number of H-pyrrole nitrogens is 1. The Morgan fingerprint density at radius 2 is 1.71 bits per heavy atom. The molecule has 0 saturated carbocycles. The average Bonchev–Trinajstić information content (AvgIpc) is 2.86. The largest absolute Gasteiger partial charge is 0.346 e. The number of para-hydroxylation sites is 2. The smallest absolute Gasteiger partial charge is 0.239 e. The van der Waals surface area contributed by atoms with Crippen LogP contribution in [0.15, 0.2) is 42.5 Å². The lowest BCUT2D eigenvalue weighted by molar-refractivity contribution is -0.616. The van der Waals surface area contributed by atoms with Crippen LogP contribution >= 0.6 is 35.0 Å². The molecular weight excluding hydrogens is 402 g/mol. The van der Waals surface area contributed by atoms with Gasteiger partial charge in [0.15, 0.2) is 0 Å². The van der Waals surface area contributed by atoms with E-state index in [9.17, 15) is 4.39 Å². The molecule has 21 heavy (non-hydrogen) atoms. The summed E-state index contributed by atoms with van der Waals surface area (Å²) >= 11 is 2.33. The molecule has 0 aliphatic rings. The van der Waals surface area contributed by atoms with Crippen molar-refractivity contribution in [1.82, 2.24) is 4.98 Å². The number of fused-ring (bicyclic) bond motifs is 4. The molecule has 0 amide bonds. The van der Waals surface area contributed by atoms with E-state index in [2.05, 4.69) is 44.3 Å². The first-order chi connectivity index (χ1) is 9.68. The van der Waals surface area contributed by atoms with Gasteiger partial charge >= 0.3 is 0 Å². The highest BCUT2D eigenvalue weighted by Gasteiger charge is 2.21. The standard InChI is InChI=1S/C16H10FIN2.ClH/c1-20-12-8-3-2-5-9(12)13(18)15-16(20)10-6-4-7-11(17)14(10)19-15;/h2-8H,1H3;1H/p+1. The van der Waals surface area contributed by atoms with E-state index in [4.69, 9.17) is 0 Å². The summed E-state index contributed by atoms with van der Waals surface area (Å²) in [7, 11) is 2.03. The number of nitrogens with zero attached hydrogens (tertiary/aromatic N) is 1. The molecule has 2 aromatic heterocycles. The van der Waals surface area contributed by atoms with Crippen molar-refractivity contribution in [2.75, 3.05) is 0 Å². The second-order valence-electron chi connectivity index (χ2n) is 4.90. The maximum atomic E-state index is 14.0. The molecule has 0 fully saturated rings. The fraction of sp³-hybridized carbons (Fsp3) is 0.0625. The Bertz CT molecular complexity index is 994. The number of benzene rings is 2. The van der Waals surface area contributed by atoms with E-state index in [-0.39, 0.29) is 18.2 Å². The molecule has 0 spiro atoms. The number of halogens is 3. The van der Waals surface area contributed by atoms with E-state index in [1.807, 2.05) is 25.2 Å². The van der Waals surface area contributed by atoms with E-state index in [0.717, 1.165) is 25.5 Å². The Kier molecular flexibility index (Phi) is 3.53. The molecule has 0 unspecified atom stereocenters. The van der Waals surface area contributed by atoms with Crippen LogP contribution in [0.1, 0.15) is 0 Å². The molecule has 0 saturated heterocycles. The first-order valence-electron chi connectivity index (χ1n) is 6.34. The third-order valence-electron chi connectivity index (χ3n) is 3.81. The molecule has 0 aliphatic carbocycles. The summed E-state index contributed by atoms with van der Waals surface area (Å²) in [5, 5.41) is 2.10. The van der Waals surface area contributed by atoms with Crippen LogP contribution in [0, 0.1) is 9.39 Å². The van der Waals surface area contributed by atoms with Crippen molar-refractivity contribution >= 4 is 67.8 Å². The van der Waals surface area contributed by atoms with Crippen molar-refractivity contribution in [2.45, 2.75) is 0 Å². The summed E-state index contributed by atoms with van der Waals surface area (Å²) in [5.74, 6) is -0.210. The molecule has 4 rings (SSSR count). The number of aromatic amines is 1. The first-order valence-corrected chi connectivity index (χ1v) is 7.42. The molecule has 2 nitrogen and oxygen atoms in total. The van der Waals surface area contributed by atoms with E-state index >= 15 is 0 Å². The maximum Gasteiger partial charge on any atom is 0.239 e. The van der Waals surface area contributed by atoms with Gasteiger partial charge in [0.2, 0.25) is 11.0 Å². The molecule has 0 bridgehead atoms. The summed E-state index contributed by atoms with van der Waals surface area (Å²) < 4.78 is 17.3. The second kappa shape index (κ2) is 5.10. The van der Waals surface area contributed by atoms with Crippen LogP contribution in [-0.4, -0.2) is 4.98 Å². The van der Waals surface area contributed by atoms with Crippen LogP contribution < -0.4 is 4.57 Å². The molecule has 2 aromatic carbocycles. The lowest BCUT2D eigenvalue weighted by Crippen LogP contribution is -2.30. The van der Waals surface area contributed by atoms with Gasteiger partial charge in [0, 0.05) is 6.07 Å². The molecule has 0 radical (unpaired) electrons. The minimum absolute atomic E-state index is 0. The number of hydrogen-bond donors (Lipinski definition) is 1. The van der Waals surface area contributed by atoms with Gasteiger partial charge in [-0.1, -0.05) is 18.2 Å². The van der Waals surface area contributed by atoms with Gasteiger partial charge in [-0.2, -0.15) is 4.57 Å². The van der Waals surface area contributed by atoms with Crippen molar-refractivity contribution in [3.63, 3.8) is 0 Å². The summed E-state index contributed by atoms with van der Waals surface area (Å²) in [6, 6.07) is 13.5. The van der Waals surface area contributed by atoms with Crippen molar-refractivity contribution in [3.05, 3.63) is 51.9 Å². The third-order valence-corrected chi connectivity index (χ3v) is 4.93. The van der Waals surface area contributed by atoms with Crippen LogP contribution in [0.5, 0.6) is 0 Å². The second-order valence-corrected chi connectivity index (χ2v) is 5.98. The lowest BCUT2D eigenvalue weighted by Gasteiger charge is -2.01. The van der Waals surface area contributed by atoms with Crippen LogP contribution in [-0.2, 0) is 7.05 Å². The van der Waals surface area contributed by atoms with E-state index in [0.29, 0.717) is 5.52 Å². The highest BCUT2D eigenvalue weighted by atomic mass is 127. The van der Waals surface area contributed by atoms with Gasteiger partial charge in [0.05, 0.1) is 19.9 Å². The van der Waals surface area contributed by atoms with Gasteiger partial charge in [-0.25, -0.2) is 4.39 Å². The van der Waals surface area contributed by atoms with Gasteiger partial charge < -0.3 is 4.98 Å². The van der Waals surface area contributed by atoms with Gasteiger partial charge in [-0.15, -0.1) is 12.4 Å². The van der Waals surface area contributed by atoms with Crippen LogP contribution in [0.4, 0.5) is 4.39 Å². The average molecular weight is 414 g/mol. The highest BCUT2D eigenvalue weighted by molar-refractivity contribution is 14.1. The van der Waals surface area contributed by atoms with Crippen LogP contribution in [0.2, 0.25) is 0 Å². The highest BCUT2D eigenvalue weighted by Crippen LogP contribution is 2.31. The number of aryl methyl sites for hydroxylation is 1. The zero-order valence-corrected chi connectivity index (χ0v) is 14.1. The van der Waals surface area contributed by atoms with Gasteiger partial charge in [0.25, 0.3) is 0 Å². The minimum atomic E-state index is -0.210. The number of nitrogens with one attached hydrogen (secondary N) is 1. The van der Waals surface area contributed by atoms with E-state index < -0.39 is 0 Å². The fourth-order valence-electron chi connectivity index (χ4n) is 2.88. The Balaban J connectivity index is 0.00000132. The number of hydrogen-bond acceptors (Lipinski definition) is 0. The Morgan fingerprint density at radius 3 is 2.52 bits per heavy atom. The molecule has 106 valence electrons. The summed E-state index contributed by atoms with van der Waals surface area (Å²) in [4.78, 5) is 3.24. The summed E-state index contributed by atoms with van der Waals surface area (Å²) in [6.45, 7) is 0. The molecule has 2 heterocycles. The van der Waals surface area contributed by atoms with E-state index in [1.165, 1.54) is 11.5 Å². The molecule has 0 atom stereocenters. The SMILES string of the molecule is C[n+]1c2ccccc2c(I)c2[nH]c3c(F)cccc3c21.Cl. The van der Waals surface area contributed by atoms with Gasteiger partial charge in [0.1, 0.15) is 18.4 Å².